The van der Waals surface area contributed by atoms with Crippen LogP contribution < -0.4 is 4.74 Å². The third kappa shape index (κ3) is 5.59. The van der Waals surface area contributed by atoms with Crippen molar-refractivity contribution in [2.45, 2.75) is 64.6 Å². The van der Waals surface area contributed by atoms with E-state index in [0.29, 0.717) is 19.1 Å². The number of aromatic nitrogens is 2. The summed E-state index contributed by atoms with van der Waals surface area (Å²) < 4.78 is 8.22. The first-order valence-corrected chi connectivity index (χ1v) is 11.8. The summed E-state index contributed by atoms with van der Waals surface area (Å²) in [6, 6.07) is 19.0. The van der Waals surface area contributed by atoms with Crippen LogP contribution in [0.4, 0.5) is 0 Å². The quantitative estimate of drug-likeness (QED) is 0.421. The molecule has 3 aromatic rings. The van der Waals surface area contributed by atoms with Crippen molar-refractivity contribution in [2.24, 2.45) is 7.05 Å². The van der Waals surface area contributed by atoms with Crippen LogP contribution in [0.2, 0.25) is 0 Å². The van der Waals surface area contributed by atoms with Gasteiger partial charge in [0.15, 0.2) is 0 Å². The average Bonchev–Trinajstić information content (AvgIpc) is 3.60. The lowest BCUT2D eigenvalue weighted by Crippen LogP contribution is -2.34. The van der Waals surface area contributed by atoms with Gasteiger partial charge in [0.2, 0.25) is 5.88 Å². The Morgan fingerprint density at radius 3 is 2.50 bits per heavy atom. The van der Waals surface area contributed by atoms with Gasteiger partial charge in [-0.1, -0.05) is 67.8 Å². The first-order chi connectivity index (χ1) is 15.5. The van der Waals surface area contributed by atoms with Gasteiger partial charge >= 0.3 is 0 Å². The van der Waals surface area contributed by atoms with Gasteiger partial charge in [0.1, 0.15) is 11.4 Å². The third-order valence-corrected chi connectivity index (χ3v) is 6.13. The Labute approximate surface area is 191 Å². The van der Waals surface area contributed by atoms with Crippen LogP contribution >= 0.6 is 0 Å². The molecule has 0 saturated heterocycles. The Kier molecular flexibility index (Phi) is 7.28. The number of nitrogens with zero attached hydrogens (tertiary/aromatic N) is 3. The molecule has 1 N–H and O–H groups in total. The van der Waals surface area contributed by atoms with Crippen molar-refractivity contribution in [3.05, 3.63) is 65.7 Å². The molecule has 1 heterocycles. The van der Waals surface area contributed by atoms with E-state index in [1.54, 1.807) is 0 Å². The van der Waals surface area contributed by atoms with Crippen molar-refractivity contribution in [1.82, 2.24) is 14.7 Å². The number of aliphatic hydroxyl groups excluding tert-OH is 1. The van der Waals surface area contributed by atoms with Crippen molar-refractivity contribution in [3.8, 4) is 22.9 Å². The molecule has 4 rings (SSSR count). The standard InChI is InChI=1S/C27H35N3O2/c1-4-5-11-23(31)18-30(22-14-15-22)19-25-26(21-9-7-6-8-10-21)28-29(3)27(25)32-24-16-12-20(2)13-17-24/h6-10,12-13,16-17,22-23,31H,4-5,11,14-15,18-19H2,1-3H3. The van der Waals surface area contributed by atoms with Crippen molar-refractivity contribution < 1.29 is 9.84 Å². The van der Waals surface area contributed by atoms with Gasteiger partial charge in [-0.05, 0) is 38.3 Å². The Hall–Kier alpha value is -2.63. The summed E-state index contributed by atoms with van der Waals surface area (Å²) in [5.41, 5.74) is 4.31. The normalized spacial score (nSPS) is 14.7. The molecular formula is C27H35N3O2. The largest absolute Gasteiger partial charge is 0.439 e. The molecule has 170 valence electrons. The zero-order valence-corrected chi connectivity index (χ0v) is 19.5. The van der Waals surface area contributed by atoms with Crippen LogP contribution in [-0.4, -0.2) is 38.5 Å². The summed E-state index contributed by atoms with van der Waals surface area (Å²) in [5, 5.41) is 15.5. The smallest absolute Gasteiger partial charge is 0.222 e. The summed E-state index contributed by atoms with van der Waals surface area (Å²) >= 11 is 0. The molecule has 0 radical (unpaired) electrons. The van der Waals surface area contributed by atoms with E-state index in [9.17, 15) is 5.11 Å². The summed E-state index contributed by atoms with van der Waals surface area (Å²) in [6.07, 6.45) is 5.10. The molecule has 0 aliphatic heterocycles. The van der Waals surface area contributed by atoms with Gasteiger partial charge < -0.3 is 9.84 Å². The summed E-state index contributed by atoms with van der Waals surface area (Å²) in [4.78, 5) is 2.42. The summed E-state index contributed by atoms with van der Waals surface area (Å²) in [5.74, 6) is 1.57. The van der Waals surface area contributed by atoms with Crippen LogP contribution in [0.3, 0.4) is 0 Å². The summed E-state index contributed by atoms with van der Waals surface area (Å²) in [7, 11) is 1.94. The van der Waals surface area contributed by atoms with Gasteiger partial charge in [-0.2, -0.15) is 5.10 Å². The number of aliphatic hydroxyl groups is 1. The fourth-order valence-corrected chi connectivity index (χ4v) is 4.16. The topological polar surface area (TPSA) is 50.5 Å². The van der Waals surface area contributed by atoms with E-state index >= 15 is 0 Å². The Morgan fingerprint density at radius 1 is 1.12 bits per heavy atom. The Balaban J connectivity index is 1.66. The SMILES string of the molecule is CCCCC(O)CN(Cc1c(-c2ccccc2)nn(C)c1Oc1ccc(C)cc1)C1CC1. The van der Waals surface area contributed by atoms with E-state index in [1.807, 2.05) is 42.1 Å². The van der Waals surface area contributed by atoms with Crippen LogP contribution in [0, 0.1) is 6.92 Å². The fraction of sp³-hybridized carbons (Fsp3) is 0.444. The minimum atomic E-state index is -0.297. The zero-order chi connectivity index (χ0) is 22.5. The second-order valence-electron chi connectivity index (χ2n) is 8.99. The van der Waals surface area contributed by atoms with Gasteiger partial charge in [-0.15, -0.1) is 0 Å². The van der Waals surface area contributed by atoms with Crippen LogP contribution in [0.5, 0.6) is 11.6 Å². The predicted octanol–water partition coefficient (Wildman–Crippen LogP) is 5.70. The minimum Gasteiger partial charge on any atom is -0.439 e. The molecule has 1 aromatic heterocycles. The van der Waals surface area contributed by atoms with Crippen molar-refractivity contribution in [2.75, 3.05) is 6.54 Å². The van der Waals surface area contributed by atoms with Gasteiger partial charge in [-0.25, -0.2) is 4.68 Å². The molecule has 0 spiro atoms. The fourth-order valence-electron chi connectivity index (χ4n) is 4.16. The second kappa shape index (κ2) is 10.3. The lowest BCUT2D eigenvalue weighted by molar-refractivity contribution is 0.0951. The number of ether oxygens (including phenoxy) is 1. The van der Waals surface area contributed by atoms with Crippen LogP contribution in [0.15, 0.2) is 54.6 Å². The lowest BCUT2D eigenvalue weighted by Gasteiger charge is -2.25. The van der Waals surface area contributed by atoms with E-state index in [0.717, 1.165) is 47.7 Å². The highest BCUT2D eigenvalue weighted by molar-refractivity contribution is 5.65. The molecule has 5 nitrogen and oxygen atoms in total. The molecule has 1 atom stereocenters. The van der Waals surface area contributed by atoms with Gasteiger partial charge in [-0.3, -0.25) is 4.90 Å². The highest BCUT2D eigenvalue weighted by Crippen LogP contribution is 2.37. The Bertz CT molecular complexity index is 994. The lowest BCUT2D eigenvalue weighted by atomic mass is 10.1. The van der Waals surface area contributed by atoms with Crippen molar-refractivity contribution in [1.29, 1.82) is 0 Å². The summed E-state index contributed by atoms with van der Waals surface area (Å²) in [6.45, 7) is 5.65. The van der Waals surface area contributed by atoms with Crippen LogP contribution in [-0.2, 0) is 13.6 Å². The molecular weight excluding hydrogens is 398 g/mol. The predicted molar refractivity (Wildman–Crippen MR) is 129 cm³/mol. The molecule has 0 bridgehead atoms. The minimum absolute atomic E-state index is 0.297. The van der Waals surface area contributed by atoms with Gasteiger partial charge in [0.25, 0.3) is 0 Å². The molecule has 2 aromatic carbocycles. The van der Waals surface area contributed by atoms with E-state index < -0.39 is 0 Å². The number of unbranched alkanes of at least 4 members (excludes halogenated alkanes) is 1. The monoisotopic (exact) mass is 433 g/mol. The molecule has 1 fully saturated rings. The molecule has 1 saturated carbocycles. The van der Waals surface area contributed by atoms with Gasteiger partial charge in [0.05, 0.1) is 11.7 Å². The highest BCUT2D eigenvalue weighted by Gasteiger charge is 2.32. The van der Waals surface area contributed by atoms with Crippen molar-refractivity contribution in [3.63, 3.8) is 0 Å². The number of hydrogen-bond acceptors (Lipinski definition) is 4. The maximum atomic E-state index is 10.6. The molecule has 32 heavy (non-hydrogen) atoms. The second-order valence-corrected chi connectivity index (χ2v) is 8.99. The zero-order valence-electron chi connectivity index (χ0n) is 19.5. The maximum absolute atomic E-state index is 10.6. The molecule has 1 unspecified atom stereocenters. The van der Waals surface area contributed by atoms with Crippen LogP contribution in [0.1, 0.15) is 50.2 Å². The number of hydrogen-bond donors (Lipinski definition) is 1. The van der Waals surface area contributed by atoms with E-state index in [1.165, 1.54) is 18.4 Å². The molecule has 1 aliphatic rings. The third-order valence-electron chi connectivity index (χ3n) is 6.13. The van der Waals surface area contributed by atoms with E-state index in [2.05, 4.69) is 43.0 Å². The number of rotatable bonds is 11. The molecule has 0 amide bonds. The highest BCUT2D eigenvalue weighted by atomic mass is 16.5. The van der Waals surface area contributed by atoms with E-state index in [-0.39, 0.29) is 6.10 Å². The van der Waals surface area contributed by atoms with E-state index in [4.69, 9.17) is 9.84 Å². The first kappa shape index (κ1) is 22.6. The Morgan fingerprint density at radius 2 is 1.84 bits per heavy atom. The van der Waals surface area contributed by atoms with Gasteiger partial charge in [0, 0.05) is 31.7 Å². The molecule has 1 aliphatic carbocycles. The molecule has 5 heteroatoms. The number of aryl methyl sites for hydroxylation is 2. The maximum Gasteiger partial charge on any atom is 0.222 e. The first-order valence-electron chi connectivity index (χ1n) is 11.8. The average molecular weight is 434 g/mol. The van der Waals surface area contributed by atoms with Crippen molar-refractivity contribution >= 4 is 0 Å². The number of benzene rings is 2. The van der Waals surface area contributed by atoms with Crippen LogP contribution in [0.25, 0.3) is 11.3 Å².